The van der Waals surface area contributed by atoms with Crippen LogP contribution in [-0.2, 0) is 6.54 Å². The van der Waals surface area contributed by atoms with Crippen molar-refractivity contribution in [2.75, 3.05) is 12.4 Å². The molecule has 0 radical (unpaired) electrons. The molecule has 176 valence electrons. The third kappa shape index (κ3) is 4.49. The molecule has 2 atom stereocenters. The normalized spacial score (nSPS) is 20.0. The highest BCUT2D eigenvalue weighted by molar-refractivity contribution is 6.29. The molecule has 0 spiro atoms. The van der Waals surface area contributed by atoms with Gasteiger partial charge in [-0.15, -0.1) is 5.10 Å². The number of nitrogens with one attached hydrogen (secondary N) is 1. The van der Waals surface area contributed by atoms with Crippen LogP contribution in [-0.4, -0.2) is 42.1 Å². The van der Waals surface area contributed by atoms with Crippen LogP contribution in [0.2, 0.25) is 5.15 Å². The summed E-state index contributed by atoms with van der Waals surface area (Å²) < 4.78 is 22.7. The molecule has 0 unspecified atom stereocenters. The van der Waals surface area contributed by atoms with Crippen LogP contribution in [0.15, 0.2) is 55.0 Å². The van der Waals surface area contributed by atoms with Gasteiger partial charge in [0.1, 0.15) is 28.9 Å². The average Bonchev–Trinajstić information content (AvgIpc) is 3.40. The van der Waals surface area contributed by atoms with Crippen LogP contribution >= 0.6 is 11.6 Å². The Kier molecular flexibility index (Phi) is 5.75. The second kappa shape index (κ2) is 8.73. The summed E-state index contributed by atoms with van der Waals surface area (Å²) in [5.41, 5.74) is 1.54. The van der Waals surface area contributed by atoms with Crippen molar-refractivity contribution in [3.8, 4) is 11.4 Å². The second-order valence-electron chi connectivity index (χ2n) is 8.69. The predicted molar refractivity (Wildman–Crippen MR) is 127 cm³/mol. The molecule has 0 bridgehead atoms. The van der Waals surface area contributed by atoms with Crippen molar-refractivity contribution in [2.45, 2.75) is 37.8 Å². The van der Waals surface area contributed by atoms with Crippen molar-refractivity contribution in [2.24, 2.45) is 0 Å². The Balaban J connectivity index is 1.46. The molecule has 0 saturated carbocycles. The summed E-state index contributed by atoms with van der Waals surface area (Å²) in [5.74, 6) is 1.26. The summed E-state index contributed by atoms with van der Waals surface area (Å²) in [5, 5.41) is 19.1. The highest BCUT2D eigenvalue weighted by atomic mass is 35.5. The van der Waals surface area contributed by atoms with Crippen molar-refractivity contribution in [3.05, 3.63) is 77.3 Å². The number of benzene rings is 2. The van der Waals surface area contributed by atoms with Gasteiger partial charge in [-0.05, 0) is 49.6 Å². The van der Waals surface area contributed by atoms with E-state index in [4.69, 9.17) is 21.3 Å². The van der Waals surface area contributed by atoms with E-state index in [-0.39, 0.29) is 11.7 Å². The number of hydrogen-bond acceptors (Lipinski definition) is 6. The van der Waals surface area contributed by atoms with Crippen LogP contribution in [0.5, 0.6) is 5.75 Å². The molecule has 1 aliphatic rings. The van der Waals surface area contributed by atoms with E-state index in [2.05, 4.69) is 15.4 Å². The van der Waals surface area contributed by atoms with E-state index in [1.54, 1.807) is 36.3 Å². The van der Waals surface area contributed by atoms with E-state index < -0.39 is 5.60 Å². The Morgan fingerprint density at radius 2 is 2.03 bits per heavy atom. The van der Waals surface area contributed by atoms with Crippen molar-refractivity contribution in [1.82, 2.24) is 24.3 Å². The molecule has 4 aromatic rings. The van der Waals surface area contributed by atoms with Gasteiger partial charge in [0.2, 0.25) is 5.95 Å². The standard InChI is InChI=1S/C24H24ClFN6O2/c1-24(33)9-10-32-22(18(12-24)15-3-5-16(26)6-4-15)29-23(30-32)28-17-7-8-19(20(11-17)34-2)31-13-21(25)27-14-31/h3-8,11,13-14,18,33H,9-10,12H2,1-2H3,(H,28,30)/t18-,24+/m1/s1. The molecule has 34 heavy (non-hydrogen) atoms. The minimum Gasteiger partial charge on any atom is -0.494 e. The molecule has 0 aliphatic carbocycles. The smallest absolute Gasteiger partial charge is 0.246 e. The number of aryl methyl sites for hydroxylation is 1. The number of anilines is 2. The Morgan fingerprint density at radius 1 is 1.24 bits per heavy atom. The van der Waals surface area contributed by atoms with Crippen LogP contribution in [0.25, 0.3) is 5.69 Å². The van der Waals surface area contributed by atoms with E-state index >= 15 is 0 Å². The Morgan fingerprint density at radius 3 is 2.74 bits per heavy atom. The summed E-state index contributed by atoms with van der Waals surface area (Å²) in [6.07, 6.45) is 4.32. The van der Waals surface area contributed by atoms with E-state index in [1.807, 2.05) is 29.8 Å². The van der Waals surface area contributed by atoms with Crippen molar-refractivity contribution < 1.29 is 14.2 Å². The van der Waals surface area contributed by atoms with E-state index in [1.165, 1.54) is 12.1 Å². The molecular formula is C24H24ClFN6O2. The molecule has 2 aromatic carbocycles. The number of methoxy groups -OCH3 is 1. The van der Waals surface area contributed by atoms with Crippen molar-refractivity contribution in [1.29, 1.82) is 0 Å². The molecule has 2 aromatic heterocycles. The number of fused-ring (bicyclic) bond motifs is 1. The van der Waals surface area contributed by atoms with Crippen molar-refractivity contribution in [3.63, 3.8) is 0 Å². The topological polar surface area (TPSA) is 90.0 Å². The molecule has 8 nitrogen and oxygen atoms in total. The molecule has 1 aliphatic heterocycles. The summed E-state index contributed by atoms with van der Waals surface area (Å²) in [6, 6.07) is 11.9. The van der Waals surface area contributed by atoms with Gasteiger partial charge in [0.05, 0.1) is 18.4 Å². The lowest BCUT2D eigenvalue weighted by Crippen LogP contribution is -2.26. The third-order valence-corrected chi connectivity index (χ3v) is 6.25. The fraction of sp³-hybridized carbons (Fsp3) is 0.292. The maximum Gasteiger partial charge on any atom is 0.246 e. The summed E-state index contributed by atoms with van der Waals surface area (Å²) in [7, 11) is 1.59. The fourth-order valence-corrected chi connectivity index (χ4v) is 4.45. The van der Waals surface area contributed by atoms with Gasteiger partial charge in [-0.3, -0.25) is 0 Å². The second-order valence-corrected chi connectivity index (χ2v) is 9.07. The van der Waals surface area contributed by atoms with Gasteiger partial charge < -0.3 is 19.7 Å². The zero-order valence-electron chi connectivity index (χ0n) is 18.7. The average molecular weight is 483 g/mol. The van der Waals surface area contributed by atoms with Gasteiger partial charge in [0.25, 0.3) is 0 Å². The van der Waals surface area contributed by atoms with Crippen molar-refractivity contribution >= 4 is 23.2 Å². The third-order valence-electron chi connectivity index (χ3n) is 6.06. The summed E-state index contributed by atoms with van der Waals surface area (Å²) in [6.45, 7) is 2.34. The molecule has 10 heteroatoms. The molecule has 0 fully saturated rings. The molecule has 0 amide bonds. The van der Waals surface area contributed by atoms with E-state index in [0.29, 0.717) is 36.2 Å². The van der Waals surface area contributed by atoms with Gasteiger partial charge >= 0.3 is 0 Å². The minimum absolute atomic E-state index is 0.218. The predicted octanol–water partition coefficient (Wildman–Crippen LogP) is 4.69. The lowest BCUT2D eigenvalue weighted by atomic mass is 9.86. The first-order chi connectivity index (χ1) is 16.3. The fourth-order valence-electron chi connectivity index (χ4n) is 4.30. The van der Waals surface area contributed by atoms with Gasteiger partial charge in [-0.25, -0.2) is 14.1 Å². The SMILES string of the molecule is COc1cc(Nc2nc3n(n2)CC[C@](C)(O)C[C@@H]3c2ccc(F)cc2)ccc1-n1cnc(Cl)c1. The monoisotopic (exact) mass is 482 g/mol. The Bertz CT molecular complexity index is 1320. The van der Waals surface area contributed by atoms with E-state index in [0.717, 1.165) is 22.8 Å². The van der Waals surface area contributed by atoms with Gasteiger partial charge in [-0.1, -0.05) is 23.7 Å². The summed E-state index contributed by atoms with van der Waals surface area (Å²) >= 11 is 5.95. The van der Waals surface area contributed by atoms with Crippen LogP contribution in [0.1, 0.15) is 37.1 Å². The van der Waals surface area contributed by atoms with Crippen LogP contribution in [0, 0.1) is 5.82 Å². The number of ether oxygens (including phenoxy) is 1. The van der Waals surface area contributed by atoms with Crippen LogP contribution < -0.4 is 10.1 Å². The zero-order valence-corrected chi connectivity index (χ0v) is 19.5. The largest absolute Gasteiger partial charge is 0.494 e. The highest BCUT2D eigenvalue weighted by Crippen LogP contribution is 2.37. The molecular weight excluding hydrogens is 459 g/mol. The lowest BCUT2D eigenvalue weighted by molar-refractivity contribution is 0.0384. The number of rotatable bonds is 5. The van der Waals surface area contributed by atoms with E-state index in [9.17, 15) is 9.50 Å². The maximum atomic E-state index is 13.5. The number of nitrogens with zero attached hydrogens (tertiary/aromatic N) is 5. The number of aliphatic hydroxyl groups is 1. The zero-order chi connectivity index (χ0) is 23.9. The first-order valence-electron chi connectivity index (χ1n) is 10.9. The maximum absolute atomic E-state index is 13.5. The number of imidazole rings is 1. The first kappa shape index (κ1) is 22.4. The summed E-state index contributed by atoms with van der Waals surface area (Å²) in [4.78, 5) is 8.80. The molecule has 5 rings (SSSR count). The minimum atomic E-state index is -0.881. The molecule has 3 heterocycles. The first-order valence-corrected chi connectivity index (χ1v) is 11.3. The lowest BCUT2D eigenvalue weighted by Gasteiger charge is -2.24. The van der Waals surface area contributed by atoms with Crippen LogP contribution in [0.3, 0.4) is 0 Å². The van der Waals surface area contributed by atoms with Crippen LogP contribution in [0.4, 0.5) is 16.0 Å². The molecule has 2 N–H and O–H groups in total. The number of hydrogen-bond donors (Lipinski definition) is 2. The van der Waals surface area contributed by atoms with Gasteiger partial charge in [0, 0.05) is 30.4 Å². The van der Waals surface area contributed by atoms with Gasteiger partial charge in [-0.2, -0.15) is 4.98 Å². The number of halogens is 2. The number of aromatic nitrogens is 5. The Hall–Kier alpha value is -3.43. The quantitative estimate of drug-likeness (QED) is 0.429. The highest BCUT2D eigenvalue weighted by Gasteiger charge is 2.34. The Labute approximate surface area is 201 Å². The molecule has 0 saturated heterocycles. The van der Waals surface area contributed by atoms with Gasteiger partial charge in [0.15, 0.2) is 0 Å².